The fraction of sp³-hybridized carbons (Fsp3) is 0.448. The second kappa shape index (κ2) is 11.9. The molecule has 2 saturated carbocycles. The molecule has 7 nitrogen and oxygen atoms in total. The van der Waals surface area contributed by atoms with Crippen molar-refractivity contribution in [1.29, 1.82) is 0 Å². The second-order valence-electron chi connectivity index (χ2n) is 10.6. The third-order valence-electron chi connectivity index (χ3n) is 7.56. The van der Waals surface area contributed by atoms with Crippen LogP contribution in [0.4, 0.5) is 32.2 Å². The van der Waals surface area contributed by atoms with E-state index in [9.17, 15) is 31.1 Å². The Bertz CT molecular complexity index is 1460. The van der Waals surface area contributed by atoms with E-state index in [0.29, 0.717) is 35.9 Å². The average molecular weight is 596 g/mol. The van der Waals surface area contributed by atoms with Crippen LogP contribution in [-0.2, 0) is 23.7 Å². The van der Waals surface area contributed by atoms with Gasteiger partial charge in [-0.05, 0) is 37.3 Å². The molecule has 42 heavy (non-hydrogen) atoms. The molecule has 1 N–H and O–H groups in total. The number of hydrogen-bond donors (Lipinski definition) is 1. The molecule has 0 spiro atoms. The van der Waals surface area contributed by atoms with Gasteiger partial charge in [-0.1, -0.05) is 42.6 Å². The summed E-state index contributed by atoms with van der Waals surface area (Å²) in [6, 6.07) is 5.71. The molecule has 2 aromatic heterocycles. The van der Waals surface area contributed by atoms with Crippen LogP contribution >= 0.6 is 0 Å². The van der Waals surface area contributed by atoms with Crippen LogP contribution in [0.3, 0.4) is 0 Å². The number of carbonyl (C=O) groups is 1. The predicted octanol–water partition coefficient (Wildman–Crippen LogP) is 8.22. The lowest BCUT2D eigenvalue weighted by Gasteiger charge is -2.29. The Labute approximate surface area is 236 Å². The van der Waals surface area contributed by atoms with E-state index in [2.05, 4.69) is 15.1 Å². The Morgan fingerprint density at radius 1 is 1.10 bits per heavy atom. The first-order valence-electron chi connectivity index (χ1n) is 13.5. The number of halogens is 6. The van der Waals surface area contributed by atoms with E-state index in [1.165, 1.54) is 24.4 Å². The first kappa shape index (κ1) is 29.7. The maximum absolute atomic E-state index is 13.8. The molecule has 0 bridgehead atoms. The van der Waals surface area contributed by atoms with Gasteiger partial charge in [-0.25, -0.2) is 14.8 Å². The smallest absolute Gasteiger partial charge is 0.417 e. The van der Waals surface area contributed by atoms with Crippen LogP contribution in [0.2, 0.25) is 0 Å². The van der Waals surface area contributed by atoms with Crippen molar-refractivity contribution in [2.45, 2.75) is 75.9 Å². The lowest BCUT2D eigenvalue weighted by molar-refractivity contribution is -0.138. The Hall–Kier alpha value is -3.74. The minimum atomic E-state index is -4.91. The fourth-order valence-electron chi connectivity index (χ4n) is 4.99. The maximum Gasteiger partial charge on any atom is 0.417 e. The molecule has 0 aliphatic heterocycles. The fourth-order valence-corrected chi connectivity index (χ4v) is 4.99. The summed E-state index contributed by atoms with van der Waals surface area (Å²) >= 11 is 0. The minimum Gasteiger partial charge on any atom is -0.478 e. The van der Waals surface area contributed by atoms with Crippen molar-refractivity contribution in [3.8, 4) is 11.3 Å². The third-order valence-corrected chi connectivity index (χ3v) is 7.56. The summed E-state index contributed by atoms with van der Waals surface area (Å²) in [5, 5.41) is 13.1. The summed E-state index contributed by atoms with van der Waals surface area (Å²) < 4.78 is 93.2. The van der Waals surface area contributed by atoms with E-state index in [4.69, 9.17) is 14.4 Å². The van der Waals surface area contributed by atoms with Crippen LogP contribution in [0.5, 0.6) is 0 Å². The van der Waals surface area contributed by atoms with E-state index < -0.39 is 41.1 Å². The van der Waals surface area contributed by atoms with Crippen LogP contribution in [0.25, 0.3) is 11.3 Å². The molecule has 2 heterocycles. The number of carboxylic acid groups (broad SMARTS) is 1. The van der Waals surface area contributed by atoms with Gasteiger partial charge >= 0.3 is 18.3 Å². The normalized spacial score (nSPS) is 17.0. The van der Waals surface area contributed by atoms with Crippen LogP contribution in [0.1, 0.15) is 83.7 Å². The lowest BCUT2D eigenvalue weighted by Crippen LogP contribution is -2.22. The van der Waals surface area contributed by atoms with Crippen molar-refractivity contribution in [3.63, 3.8) is 0 Å². The molecule has 1 aromatic carbocycles. The summed E-state index contributed by atoms with van der Waals surface area (Å²) in [5.41, 5.74) is -2.75. The zero-order chi connectivity index (χ0) is 30.1. The standard InChI is InChI=1S/C29H27F6N3O4/c30-28(31,32)22-7-2-1-6-19(22)25-21(26(42-38-25)17-8-9-17)15-41-18(12-16-4-3-5-16)10-11-36-24-13-23(29(33,34)35)20(14-37-24)27(39)40/h1-2,6-7,11,13-14,16-18H,3-5,8-10,12,15H2,(H,39,40)/b36-11+/t18-/m1/s1. The number of hydrogen-bond acceptors (Lipinski definition) is 6. The first-order valence-corrected chi connectivity index (χ1v) is 13.5. The SMILES string of the molecule is O=C(O)c1cnc(/N=C/C[C@H](CC2CCC2)OCc2c(-c3ccccc3C(F)(F)F)noc2C2CC2)cc1C(F)(F)F. The molecule has 5 rings (SSSR count). The van der Waals surface area contributed by atoms with E-state index in [-0.39, 0.29) is 36.0 Å². The summed E-state index contributed by atoms with van der Waals surface area (Å²) in [6.45, 7) is -0.0636. The van der Waals surface area contributed by atoms with E-state index in [1.54, 1.807) is 0 Å². The molecule has 0 saturated heterocycles. The lowest BCUT2D eigenvalue weighted by atomic mass is 9.81. The summed E-state index contributed by atoms with van der Waals surface area (Å²) in [5.74, 6) is -1.13. The molecule has 0 radical (unpaired) electrons. The zero-order valence-corrected chi connectivity index (χ0v) is 22.2. The van der Waals surface area contributed by atoms with Gasteiger partial charge in [0.1, 0.15) is 11.5 Å². The highest BCUT2D eigenvalue weighted by Crippen LogP contribution is 2.46. The predicted molar refractivity (Wildman–Crippen MR) is 138 cm³/mol. The summed E-state index contributed by atoms with van der Waals surface area (Å²) in [7, 11) is 0. The van der Waals surface area contributed by atoms with Gasteiger partial charge < -0.3 is 14.4 Å². The number of aromatic nitrogens is 2. The highest BCUT2D eigenvalue weighted by Gasteiger charge is 2.38. The minimum absolute atomic E-state index is 0.0530. The van der Waals surface area contributed by atoms with Crippen LogP contribution in [0, 0.1) is 5.92 Å². The number of ether oxygens (including phenoxy) is 1. The van der Waals surface area contributed by atoms with E-state index in [0.717, 1.165) is 38.2 Å². The monoisotopic (exact) mass is 595 g/mol. The Kier molecular flexibility index (Phi) is 8.40. The van der Waals surface area contributed by atoms with Crippen LogP contribution in [0.15, 0.2) is 46.0 Å². The molecule has 13 heteroatoms. The number of carboxylic acids is 1. The highest BCUT2D eigenvalue weighted by atomic mass is 19.4. The molecule has 0 unspecified atom stereocenters. The zero-order valence-electron chi connectivity index (χ0n) is 22.2. The largest absolute Gasteiger partial charge is 0.478 e. The number of pyridine rings is 1. The van der Waals surface area contributed by atoms with Gasteiger partial charge in [0.05, 0.1) is 29.4 Å². The van der Waals surface area contributed by atoms with Crippen molar-refractivity contribution in [3.05, 3.63) is 64.5 Å². The van der Waals surface area contributed by atoms with Crippen molar-refractivity contribution in [2.75, 3.05) is 0 Å². The van der Waals surface area contributed by atoms with Gasteiger partial charge in [0.25, 0.3) is 0 Å². The van der Waals surface area contributed by atoms with E-state index in [1.807, 2.05) is 0 Å². The molecule has 2 aliphatic rings. The summed E-state index contributed by atoms with van der Waals surface area (Å²) in [6.07, 6.45) is -2.42. The highest BCUT2D eigenvalue weighted by molar-refractivity contribution is 5.89. The van der Waals surface area contributed by atoms with Gasteiger partial charge in [-0.2, -0.15) is 26.3 Å². The number of aromatic carboxylic acids is 1. The molecule has 0 amide bonds. The Balaban J connectivity index is 1.36. The molecule has 2 aliphatic carbocycles. The number of benzene rings is 1. The van der Waals surface area contributed by atoms with Crippen molar-refractivity contribution < 1.29 is 45.5 Å². The summed E-state index contributed by atoms with van der Waals surface area (Å²) in [4.78, 5) is 18.9. The van der Waals surface area contributed by atoms with Gasteiger partial charge in [-0.15, -0.1) is 0 Å². The van der Waals surface area contributed by atoms with E-state index >= 15 is 0 Å². The Morgan fingerprint density at radius 2 is 1.81 bits per heavy atom. The maximum atomic E-state index is 13.8. The quantitative estimate of drug-likeness (QED) is 0.177. The van der Waals surface area contributed by atoms with Crippen molar-refractivity contribution in [1.82, 2.24) is 10.1 Å². The molecule has 1 atom stereocenters. The molecule has 3 aromatic rings. The van der Waals surface area contributed by atoms with Gasteiger partial charge in [0, 0.05) is 35.9 Å². The molecule has 224 valence electrons. The van der Waals surface area contributed by atoms with Gasteiger partial charge in [0.15, 0.2) is 5.82 Å². The first-order chi connectivity index (χ1) is 19.9. The van der Waals surface area contributed by atoms with Crippen LogP contribution in [-0.4, -0.2) is 33.5 Å². The number of nitrogens with zero attached hydrogens (tertiary/aromatic N) is 3. The number of alkyl halides is 6. The van der Waals surface area contributed by atoms with Gasteiger partial charge in [-0.3, -0.25) is 0 Å². The topological polar surface area (TPSA) is 97.8 Å². The molecular weight excluding hydrogens is 568 g/mol. The van der Waals surface area contributed by atoms with Gasteiger partial charge in [0.2, 0.25) is 0 Å². The molecular formula is C29H27F6N3O4. The second-order valence-corrected chi connectivity index (χ2v) is 10.6. The number of aliphatic imine (C=N–C) groups is 1. The Morgan fingerprint density at radius 3 is 2.43 bits per heavy atom. The molecule has 2 fully saturated rings. The number of rotatable bonds is 11. The average Bonchev–Trinajstić information content (AvgIpc) is 3.66. The van der Waals surface area contributed by atoms with Crippen LogP contribution < -0.4 is 0 Å². The van der Waals surface area contributed by atoms with Crippen molar-refractivity contribution >= 4 is 18.0 Å². The third kappa shape index (κ3) is 6.83. The van der Waals surface area contributed by atoms with Crippen molar-refractivity contribution in [2.24, 2.45) is 10.9 Å².